The van der Waals surface area contributed by atoms with E-state index in [0.717, 1.165) is 68.5 Å². The Hall–Kier alpha value is -3.00. The lowest BCUT2D eigenvalue weighted by Crippen LogP contribution is -2.39. The molecule has 0 amide bonds. The third-order valence-corrected chi connectivity index (χ3v) is 6.87. The molecule has 2 aromatic heterocycles. The summed E-state index contributed by atoms with van der Waals surface area (Å²) in [5, 5.41) is 8.97. The summed E-state index contributed by atoms with van der Waals surface area (Å²) < 4.78 is 19.8. The van der Waals surface area contributed by atoms with Crippen LogP contribution < -0.4 is 4.90 Å². The summed E-state index contributed by atoms with van der Waals surface area (Å²) >= 11 is 0. The first-order valence-corrected chi connectivity index (χ1v) is 11.8. The number of ether oxygens (including phenoxy) is 1. The van der Waals surface area contributed by atoms with Crippen molar-refractivity contribution in [2.75, 3.05) is 18.0 Å². The Morgan fingerprint density at radius 2 is 1.85 bits per heavy atom. The van der Waals surface area contributed by atoms with Gasteiger partial charge in [-0.2, -0.15) is 0 Å². The van der Waals surface area contributed by atoms with Crippen LogP contribution in [0.5, 0.6) is 0 Å². The number of hydrogen-bond acceptors (Lipinski definition) is 5. The van der Waals surface area contributed by atoms with Crippen molar-refractivity contribution in [1.29, 1.82) is 0 Å². The molecule has 2 fully saturated rings. The molecule has 5 rings (SSSR count). The highest BCUT2D eigenvalue weighted by atomic mass is 19.1. The Labute approximate surface area is 192 Å². The first kappa shape index (κ1) is 21.8. The van der Waals surface area contributed by atoms with Crippen molar-refractivity contribution in [3.8, 4) is 11.4 Å². The number of nitrogens with zero attached hydrogens (tertiary/aromatic N) is 3. The third-order valence-electron chi connectivity index (χ3n) is 6.87. The van der Waals surface area contributed by atoms with Crippen LogP contribution in [-0.4, -0.2) is 51.3 Å². The van der Waals surface area contributed by atoms with Gasteiger partial charge in [0.1, 0.15) is 17.5 Å². The number of nitrogens with one attached hydrogen (secondary N) is 1. The van der Waals surface area contributed by atoms with E-state index in [9.17, 15) is 9.18 Å². The van der Waals surface area contributed by atoms with Crippen LogP contribution in [0.1, 0.15) is 44.9 Å². The van der Waals surface area contributed by atoms with Crippen molar-refractivity contribution in [3.63, 3.8) is 0 Å². The topological polar surface area (TPSA) is 91.3 Å². The van der Waals surface area contributed by atoms with Gasteiger partial charge in [0.25, 0.3) is 0 Å². The van der Waals surface area contributed by atoms with Crippen LogP contribution in [-0.2, 0) is 9.53 Å². The highest BCUT2D eigenvalue weighted by Crippen LogP contribution is 2.31. The zero-order chi connectivity index (χ0) is 22.8. The van der Waals surface area contributed by atoms with Crippen LogP contribution in [0, 0.1) is 11.7 Å². The number of rotatable bonds is 6. The summed E-state index contributed by atoms with van der Waals surface area (Å²) in [5.41, 5.74) is 2.27. The molecule has 1 aliphatic heterocycles. The number of imidazole rings is 1. The predicted molar refractivity (Wildman–Crippen MR) is 124 cm³/mol. The Balaban J connectivity index is 1.12. The number of carbonyl (C=O) groups is 1. The van der Waals surface area contributed by atoms with Crippen molar-refractivity contribution in [3.05, 3.63) is 42.3 Å². The van der Waals surface area contributed by atoms with E-state index >= 15 is 0 Å². The molecule has 1 saturated carbocycles. The van der Waals surface area contributed by atoms with Crippen LogP contribution in [0.3, 0.4) is 0 Å². The molecule has 0 radical (unpaired) electrons. The minimum Gasteiger partial charge on any atom is -0.481 e. The first-order chi connectivity index (χ1) is 16.0. The number of halogens is 1. The second-order valence-corrected chi connectivity index (χ2v) is 9.22. The summed E-state index contributed by atoms with van der Waals surface area (Å²) in [6.07, 6.45) is 8.39. The first-order valence-electron chi connectivity index (χ1n) is 11.8. The van der Waals surface area contributed by atoms with Gasteiger partial charge in [0, 0.05) is 31.3 Å². The molecule has 174 valence electrons. The van der Waals surface area contributed by atoms with Crippen LogP contribution in [0.2, 0.25) is 0 Å². The number of aliphatic carboxylic acids is 1. The predicted octanol–water partition coefficient (Wildman–Crippen LogP) is 4.78. The third kappa shape index (κ3) is 5.16. The van der Waals surface area contributed by atoms with Crippen molar-refractivity contribution >= 4 is 22.8 Å². The van der Waals surface area contributed by atoms with Crippen molar-refractivity contribution in [2.24, 2.45) is 5.92 Å². The number of carboxylic acid groups (broad SMARTS) is 1. The Bertz CT molecular complexity index is 1100. The van der Waals surface area contributed by atoms with Gasteiger partial charge in [-0.3, -0.25) is 4.79 Å². The van der Waals surface area contributed by atoms with Gasteiger partial charge in [-0.25, -0.2) is 14.4 Å². The van der Waals surface area contributed by atoms with E-state index in [1.54, 1.807) is 6.07 Å². The summed E-state index contributed by atoms with van der Waals surface area (Å²) in [6, 6.07) is 8.52. The lowest BCUT2D eigenvalue weighted by atomic mass is 9.85. The fourth-order valence-electron chi connectivity index (χ4n) is 5.04. The number of anilines is 1. The van der Waals surface area contributed by atoms with E-state index in [4.69, 9.17) is 9.84 Å². The molecule has 2 N–H and O–H groups in total. The monoisotopic (exact) mass is 452 g/mol. The van der Waals surface area contributed by atoms with E-state index in [1.807, 2.05) is 18.3 Å². The molecule has 2 aliphatic rings. The number of pyridine rings is 1. The smallest absolute Gasteiger partial charge is 0.303 e. The number of H-pyrrole nitrogens is 1. The van der Waals surface area contributed by atoms with Crippen LogP contribution in [0.4, 0.5) is 10.2 Å². The van der Waals surface area contributed by atoms with Gasteiger partial charge in [0.15, 0.2) is 0 Å². The highest BCUT2D eigenvalue weighted by molar-refractivity contribution is 5.79. The van der Waals surface area contributed by atoms with E-state index in [1.165, 1.54) is 12.1 Å². The molecule has 1 saturated heterocycles. The minimum absolute atomic E-state index is 0.262. The molecule has 3 heterocycles. The maximum absolute atomic E-state index is 13.4. The number of hydrogen-bond donors (Lipinski definition) is 2. The molecule has 3 aromatic rings. The Morgan fingerprint density at radius 3 is 2.55 bits per heavy atom. The lowest BCUT2D eigenvalue weighted by Gasteiger charge is -2.36. The molecule has 7 nitrogen and oxygen atoms in total. The number of fused-ring (bicyclic) bond motifs is 1. The molecular weight excluding hydrogens is 423 g/mol. The normalized spacial score (nSPS) is 22.0. The van der Waals surface area contributed by atoms with Crippen molar-refractivity contribution < 1.29 is 19.0 Å². The largest absolute Gasteiger partial charge is 0.481 e. The van der Waals surface area contributed by atoms with Crippen LogP contribution >= 0.6 is 0 Å². The average Bonchev–Trinajstić information content (AvgIpc) is 3.24. The molecule has 0 spiro atoms. The standard InChI is InChI=1S/C25H29FN4O3/c26-18-4-7-21-22(14-18)29-25(28-21)17-3-8-23(27-15-17)30-11-9-20(10-12-30)33-19-5-1-16(2-6-19)13-24(31)32/h3-4,7-8,14-16,19-20H,1-2,5-6,9-13H2,(H,28,29)(H,31,32). The number of carboxylic acids is 1. The molecule has 1 aliphatic carbocycles. The maximum atomic E-state index is 13.4. The van der Waals surface area contributed by atoms with E-state index < -0.39 is 5.97 Å². The second-order valence-electron chi connectivity index (χ2n) is 9.22. The van der Waals surface area contributed by atoms with Gasteiger partial charge < -0.3 is 19.7 Å². The number of aromatic nitrogens is 3. The van der Waals surface area contributed by atoms with E-state index in [0.29, 0.717) is 17.3 Å². The van der Waals surface area contributed by atoms with Gasteiger partial charge in [-0.15, -0.1) is 0 Å². The molecule has 33 heavy (non-hydrogen) atoms. The molecule has 0 atom stereocenters. The minimum atomic E-state index is -0.693. The highest BCUT2D eigenvalue weighted by Gasteiger charge is 2.28. The molecule has 8 heteroatoms. The maximum Gasteiger partial charge on any atom is 0.303 e. The zero-order valence-electron chi connectivity index (χ0n) is 18.5. The molecule has 0 bridgehead atoms. The van der Waals surface area contributed by atoms with Gasteiger partial charge >= 0.3 is 5.97 Å². The summed E-state index contributed by atoms with van der Waals surface area (Å²) in [5.74, 6) is 0.943. The average molecular weight is 453 g/mol. The van der Waals surface area contributed by atoms with E-state index in [2.05, 4.69) is 19.9 Å². The summed E-state index contributed by atoms with van der Waals surface area (Å²) in [4.78, 5) is 25.5. The van der Waals surface area contributed by atoms with Crippen molar-refractivity contribution in [1.82, 2.24) is 15.0 Å². The van der Waals surface area contributed by atoms with Crippen LogP contribution in [0.25, 0.3) is 22.4 Å². The van der Waals surface area contributed by atoms with Gasteiger partial charge in [-0.05, 0) is 74.8 Å². The Kier molecular flexibility index (Phi) is 6.26. The number of piperidine rings is 1. The van der Waals surface area contributed by atoms with Crippen LogP contribution in [0.15, 0.2) is 36.5 Å². The SMILES string of the molecule is O=C(O)CC1CCC(OC2CCN(c3ccc(-c4nc5ccc(F)cc5[nH]4)cn3)CC2)CC1. The van der Waals surface area contributed by atoms with Gasteiger partial charge in [-0.1, -0.05) is 0 Å². The fraction of sp³-hybridized carbons (Fsp3) is 0.480. The quantitative estimate of drug-likeness (QED) is 0.559. The summed E-state index contributed by atoms with van der Waals surface area (Å²) in [6.45, 7) is 1.80. The fourth-order valence-corrected chi connectivity index (χ4v) is 5.04. The molecular formula is C25H29FN4O3. The number of aromatic amines is 1. The molecule has 0 unspecified atom stereocenters. The number of benzene rings is 1. The zero-order valence-corrected chi connectivity index (χ0v) is 18.5. The second kappa shape index (κ2) is 9.47. The summed E-state index contributed by atoms with van der Waals surface area (Å²) in [7, 11) is 0. The van der Waals surface area contributed by atoms with Crippen molar-refractivity contribution in [2.45, 2.75) is 57.2 Å². The molecule has 1 aromatic carbocycles. The van der Waals surface area contributed by atoms with Gasteiger partial charge in [0.05, 0.1) is 23.2 Å². The Morgan fingerprint density at radius 1 is 1.09 bits per heavy atom. The lowest BCUT2D eigenvalue weighted by molar-refractivity contribution is -0.138. The van der Waals surface area contributed by atoms with E-state index in [-0.39, 0.29) is 24.4 Å². The van der Waals surface area contributed by atoms with Gasteiger partial charge in [0.2, 0.25) is 0 Å².